The SMILES string of the molecule is Cc1nc(CCOc2cccc(Cc3cn(-c4nccs4)cc3C(=O)O)c2)c(C)o1.Cc1nc(CCOc2cccc(Cc3cn(-c4nccs4)cc3C)c2)c(C)o1. The minimum Gasteiger partial charge on any atom is -0.493 e. The average Bonchev–Trinajstić information content (AvgIpc) is 4.06. The van der Waals surface area contributed by atoms with Crippen LogP contribution in [0.4, 0.5) is 0 Å². The Kier molecular flexibility index (Phi) is 12.6. The van der Waals surface area contributed by atoms with Crippen molar-refractivity contribution in [3.8, 4) is 21.8 Å². The summed E-state index contributed by atoms with van der Waals surface area (Å²) in [6.45, 7) is 10.7. The zero-order valence-corrected chi connectivity index (χ0v) is 34.6. The number of thiazole rings is 2. The van der Waals surface area contributed by atoms with Crippen LogP contribution in [0.1, 0.15) is 72.9 Å². The summed E-state index contributed by atoms with van der Waals surface area (Å²) in [7, 11) is 0. The van der Waals surface area contributed by atoms with E-state index in [1.165, 1.54) is 28.0 Å². The van der Waals surface area contributed by atoms with Crippen LogP contribution in [0.3, 0.4) is 0 Å². The number of benzene rings is 2. The van der Waals surface area contributed by atoms with Gasteiger partial charge >= 0.3 is 5.97 Å². The van der Waals surface area contributed by atoms with Gasteiger partial charge in [0.05, 0.1) is 30.2 Å². The third-order valence-electron chi connectivity index (χ3n) is 9.35. The molecule has 0 aliphatic rings. The number of aromatic carboxylic acids is 1. The number of hydrogen-bond donors (Lipinski definition) is 1. The first kappa shape index (κ1) is 40.0. The van der Waals surface area contributed by atoms with E-state index in [9.17, 15) is 9.90 Å². The predicted octanol–water partition coefficient (Wildman–Crippen LogP) is 9.51. The first-order chi connectivity index (χ1) is 28.1. The van der Waals surface area contributed by atoms with Crippen LogP contribution in [-0.2, 0) is 25.7 Å². The molecule has 298 valence electrons. The number of rotatable bonds is 15. The molecular formula is C44H44N6O6S2. The number of oxazole rings is 2. The Morgan fingerprint density at radius 3 is 1.66 bits per heavy atom. The molecule has 6 heterocycles. The van der Waals surface area contributed by atoms with Crippen molar-refractivity contribution in [1.82, 2.24) is 29.1 Å². The highest BCUT2D eigenvalue weighted by atomic mass is 32.1. The van der Waals surface area contributed by atoms with Crippen molar-refractivity contribution in [2.24, 2.45) is 0 Å². The van der Waals surface area contributed by atoms with Crippen LogP contribution in [0.2, 0.25) is 0 Å². The van der Waals surface area contributed by atoms with E-state index < -0.39 is 5.97 Å². The van der Waals surface area contributed by atoms with Gasteiger partial charge in [0.25, 0.3) is 0 Å². The second kappa shape index (κ2) is 18.3. The van der Waals surface area contributed by atoms with E-state index in [-0.39, 0.29) is 5.56 Å². The molecule has 0 atom stereocenters. The molecule has 8 aromatic rings. The second-order valence-electron chi connectivity index (χ2n) is 13.7. The molecule has 8 rings (SSSR count). The minimum absolute atomic E-state index is 0.272. The topological polar surface area (TPSA) is 143 Å². The van der Waals surface area contributed by atoms with E-state index in [1.54, 1.807) is 28.3 Å². The zero-order chi connectivity index (χ0) is 40.6. The fraction of sp³-hybridized carbons (Fsp3) is 0.250. The molecule has 0 aliphatic heterocycles. The zero-order valence-electron chi connectivity index (χ0n) is 33.0. The smallest absolute Gasteiger partial charge is 0.337 e. The Labute approximate surface area is 344 Å². The lowest BCUT2D eigenvalue weighted by atomic mass is 10.0. The van der Waals surface area contributed by atoms with E-state index >= 15 is 0 Å². The van der Waals surface area contributed by atoms with Crippen molar-refractivity contribution in [3.05, 3.63) is 165 Å². The molecule has 2 aromatic carbocycles. The van der Waals surface area contributed by atoms with Crippen LogP contribution < -0.4 is 9.47 Å². The maximum Gasteiger partial charge on any atom is 0.337 e. The number of aromatic nitrogens is 6. The van der Waals surface area contributed by atoms with Gasteiger partial charge in [0.2, 0.25) is 0 Å². The molecule has 58 heavy (non-hydrogen) atoms. The molecule has 0 fully saturated rings. The first-order valence-electron chi connectivity index (χ1n) is 18.8. The van der Waals surface area contributed by atoms with Crippen molar-refractivity contribution >= 4 is 28.6 Å². The molecule has 0 radical (unpaired) electrons. The van der Waals surface area contributed by atoms with Crippen LogP contribution in [-0.4, -0.2) is 53.4 Å². The molecule has 0 spiro atoms. The van der Waals surface area contributed by atoms with E-state index in [0.29, 0.717) is 37.8 Å². The Hall–Kier alpha value is -6.25. The van der Waals surface area contributed by atoms with E-state index in [1.807, 2.05) is 87.2 Å². The van der Waals surface area contributed by atoms with Crippen molar-refractivity contribution in [2.45, 2.75) is 60.3 Å². The number of aryl methyl sites for hydroxylation is 5. The van der Waals surface area contributed by atoms with E-state index in [0.717, 1.165) is 68.6 Å². The number of ether oxygens (including phenoxy) is 2. The molecule has 0 bridgehead atoms. The Morgan fingerprint density at radius 2 is 1.19 bits per heavy atom. The second-order valence-corrected chi connectivity index (χ2v) is 15.5. The summed E-state index contributed by atoms with van der Waals surface area (Å²) >= 11 is 3.09. The molecule has 0 unspecified atom stereocenters. The van der Waals surface area contributed by atoms with Crippen molar-refractivity contribution < 1.29 is 28.2 Å². The predicted molar refractivity (Wildman–Crippen MR) is 223 cm³/mol. The highest BCUT2D eigenvalue weighted by Gasteiger charge is 2.16. The summed E-state index contributed by atoms with van der Waals surface area (Å²) in [5.74, 6) is 3.71. The lowest BCUT2D eigenvalue weighted by Crippen LogP contribution is -2.03. The Morgan fingerprint density at radius 1 is 0.690 bits per heavy atom. The molecular weight excluding hydrogens is 773 g/mol. The summed E-state index contributed by atoms with van der Waals surface area (Å²) < 4.78 is 26.6. The first-order valence-corrected chi connectivity index (χ1v) is 20.5. The quantitative estimate of drug-likeness (QED) is 0.106. The molecule has 14 heteroatoms. The van der Waals surface area contributed by atoms with Gasteiger partial charge in [0, 0.05) is 74.6 Å². The molecule has 6 aromatic heterocycles. The van der Waals surface area contributed by atoms with Gasteiger partial charge in [-0.25, -0.2) is 24.7 Å². The minimum atomic E-state index is -0.953. The lowest BCUT2D eigenvalue weighted by molar-refractivity contribution is 0.0696. The maximum atomic E-state index is 11.7. The average molecular weight is 817 g/mol. The number of carbonyl (C=O) groups is 1. The number of carboxylic acids is 1. The highest BCUT2D eigenvalue weighted by molar-refractivity contribution is 7.12. The van der Waals surface area contributed by atoms with Crippen molar-refractivity contribution in [3.63, 3.8) is 0 Å². The fourth-order valence-electron chi connectivity index (χ4n) is 6.59. The van der Waals surface area contributed by atoms with E-state index in [2.05, 4.69) is 56.0 Å². The third-order valence-corrected chi connectivity index (χ3v) is 10.9. The standard InChI is InChI=1S/C22H21N3O4S.C22H23N3O2S/c1-14-20(24-15(2)29-14)6-8-28-18-5-3-4-16(11-18)10-17-12-25(13-19(17)21(26)27)22-23-7-9-30-22;1-15-13-25(22-23-8-10-28-22)14-19(15)11-18-5-4-6-20(12-18)26-9-7-21-16(2)27-17(3)24-21/h3-5,7,9,11-13H,6,8,10H2,1-2H3,(H,26,27);4-6,8,10,12-14H,7,9,11H2,1-3H3. The third kappa shape index (κ3) is 10.2. The fourth-order valence-corrected chi connectivity index (χ4v) is 7.78. The van der Waals surface area contributed by atoms with Gasteiger partial charge in [-0.05, 0) is 85.7 Å². The van der Waals surface area contributed by atoms with Crippen molar-refractivity contribution in [2.75, 3.05) is 13.2 Å². The van der Waals surface area contributed by atoms with Gasteiger partial charge < -0.3 is 23.4 Å². The van der Waals surface area contributed by atoms with Crippen LogP contribution >= 0.6 is 22.7 Å². The highest BCUT2D eigenvalue weighted by Crippen LogP contribution is 2.24. The molecule has 1 N–H and O–H groups in total. The molecule has 12 nitrogen and oxygen atoms in total. The normalized spacial score (nSPS) is 11.1. The molecule has 0 saturated heterocycles. The number of hydrogen-bond acceptors (Lipinski definition) is 11. The summed E-state index contributed by atoms with van der Waals surface area (Å²) in [5.41, 5.74) is 7.62. The van der Waals surface area contributed by atoms with Crippen molar-refractivity contribution in [1.29, 1.82) is 0 Å². The van der Waals surface area contributed by atoms with Gasteiger partial charge in [0.15, 0.2) is 22.0 Å². The molecule has 0 saturated carbocycles. The van der Waals surface area contributed by atoms with Gasteiger partial charge in [0.1, 0.15) is 23.0 Å². The Balaban J connectivity index is 0.000000177. The summed E-state index contributed by atoms with van der Waals surface area (Å²) in [5, 5.41) is 15.2. The summed E-state index contributed by atoms with van der Waals surface area (Å²) in [6, 6.07) is 16.0. The summed E-state index contributed by atoms with van der Waals surface area (Å²) in [4.78, 5) is 29.1. The van der Waals surface area contributed by atoms with Crippen LogP contribution in [0.5, 0.6) is 11.5 Å². The van der Waals surface area contributed by atoms with Crippen LogP contribution in [0.15, 0.2) is 105 Å². The lowest BCUT2D eigenvalue weighted by Gasteiger charge is -2.08. The summed E-state index contributed by atoms with van der Waals surface area (Å²) in [6.07, 6.45) is 14.0. The maximum absolute atomic E-state index is 11.7. The van der Waals surface area contributed by atoms with E-state index in [4.69, 9.17) is 18.3 Å². The van der Waals surface area contributed by atoms with Gasteiger partial charge in [-0.15, -0.1) is 22.7 Å². The molecule has 0 amide bonds. The largest absolute Gasteiger partial charge is 0.493 e. The van der Waals surface area contributed by atoms with Gasteiger partial charge in [-0.3, -0.25) is 9.13 Å². The van der Waals surface area contributed by atoms with Crippen LogP contribution in [0.25, 0.3) is 10.3 Å². The van der Waals surface area contributed by atoms with Crippen LogP contribution in [0, 0.1) is 34.6 Å². The number of carboxylic acid groups (broad SMARTS) is 1. The van der Waals surface area contributed by atoms with Gasteiger partial charge in [-0.1, -0.05) is 24.3 Å². The molecule has 0 aliphatic carbocycles. The monoisotopic (exact) mass is 816 g/mol. The Bertz CT molecular complexity index is 2580. The number of nitrogens with zero attached hydrogens (tertiary/aromatic N) is 6. The van der Waals surface area contributed by atoms with Gasteiger partial charge in [-0.2, -0.15) is 0 Å².